The fourth-order valence-electron chi connectivity index (χ4n) is 1.68. The molecule has 1 nitrogen and oxygen atoms in total. The highest BCUT2D eigenvalue weighted by molar-refractivity contribution is 5.80. The second-order valence-electron chi connectivity index (χ2n) is 3.82. The van der Waals surface area contributed by atoms with E-state index in [1.807, 2.05) is 0 Å². The van der Waals surface area contributed by atoms with E-state index in [0.717, 1.165) is 25.7 Å². The molecule has 0 heterocycles. The van der Waals surface area contributed by atoms with Crippen LogP contribution in [0.3, 0.4) is 0 Å². The third-order valence-electron chi connectivity index (χ3n) is 2.60. The van der Waals surface area contributed by atoms with Gasteiger partial charge in [0.1, 0.15) is 5.78 Å². The fourth-order valence-corrected chi connectivity index (χ4v) is 1.68. The van der Waals surface area contributed by atoms with Crippen LogP contribution in [0.5, 0.6) is 0 Å². The van der Waals surface area contributed by atoms with Crippen LogP contribution in [0.4, 0.5) is 0 Å². The molecule has 0 aliphatic rings. The summed E-state index contributed by atoms with van der Waals surface area (Å²) in [6.07, 6.45) is 7.68. The van der Waals surface area contributed by atoms with Crippen LogP contribution in [-0.4, -0.2) is 5.78 Å². The zero-order valence-electron chi connectivity index (χ0n) is 9.44. The minimum Gasteiger partial charge on any atom is -0.299 e. The zero-order valence-corrected chi connectivity index (χ0v) is 9.44. The molecule has 0 rings (SSSR count). The van der Waals surface area contributed by atoms with E-state index >= 15 is 0 Å². The highest BCUT2D eigenvalue weighted by Crippen LogP contribution is 2.16. The molecule has 0 bridgehead atoms. The van der Waals surface area contributed by atoms with E-state index < -0.39 is 0 Å². The molecule has 0 radical (unpaired) electrons. The van der Waals surface area contributed by atoms with E-state index in [1.165, 1.54) is 19.3 Å². The third-order valence-corrected chi connectivity index (χ3v) is 2.60. The van der Waals surface area contributed by atoms with Crippen LogP contribution in [0, 0.1) is 5.92 Å². The second kappa shape index (κ2) is 8.28. The Bertz CT molecular complexity index is 129. The highest BCUT2D eigenvalue weighted by Gasteiger charge is 2.14. The molecule has 0 aliphatic heterocycles. The van der Waals surface area contributed by atoms with E-state index in [1.54, 1.807) is 0 Å². The predicted molar refractivity (Wildman–Crippen MR) is 57.8 cm³/mol. The molecule has 0 aromatic heterocycles. The maximum atomic E-state index is 11.6. The SMILES string of the molecule is CCCCCC(CC)C(=O)CCC. The van der Waals surface area contributed by atoms with Crippen molar-refractivity contribution >= 4 is 5.78 Å². The van der Waals surface area contributed by atoms with Crippen molar-refractivity contribution in [1.82, 2.24) is 0 Å². The Morgan fingerprint density at radius 1 is 1.08 bits per heavy atom. The molecule has 1 atom stereocenters. The van der Waals surface area contributed by atoms with Crippen LogP contribution in [-0.2, 0) is 4.79 Å². The van der Waals surface area contributed by atoms with E-state index in [2.05, 4.69) is 20.8 Å². The Hall–Kier alpha value is -0.330. The lowest BCUT2D eigenvalue weighted by Gasteiger charge is -2.12. The van der Waals surface area contributed by atoms with Gasteiger partial charge in [0.25, 0.3) is 0 Å². The van der Waals surface area contributed by atoms with Crippen LogP contribution in [0.15, 0.2) is 0 Å². The minimum atomic E-state index is 0.353. The predicted octanol–water partition coefficient (Wildman–Crippen LogP) is 3.96. The summed E-state index contributed by atoms with van der Waals surface area (Å²) >= 11 is 0. The Labute approximate surface area is 82.9 Å². The van der Waals surface area contributed by atoms with Gasteiger partial charge >= 0.3 is 0 Å². The number of hydrogen-bond acceptors (Lipinski definition) is 1. The Balaban J connectivity index is 3.67. The number of carbonyl (C=O) groups is 1. The number of unbranched alkanes of at least 4 members (excludes halogenated alkanes) is 2. The average Bonchev–Trinajstić information content (AvgIpc) is 2.13. The lowest BCUT2D eigenvalue weighted by Crippen LogP contribution is -2.13. The fraction of sp³-hybridized carbons (Fsp3) is 0.917. The van der Waals surface area contributed by atoms with Gasteiger partial charge in [-0.05, 0) is 19.3 Å². The summed E-state index contributed by atoms with van der Waals surface area (Å²) < 4.78 is 0. The van der Waals surface area contributed by atoms with Gasteiger partial charge in [0, 0.05) is 12.3 Å². The summed E-state index contributed by atoms with van der Waals surface area (Å²) in [5, 5.41) is 0. The molecule has 0 aromatic rings. The Morgan fingerprint density at radius 3 is 2.23 bits per heavy atom. The summed E-state index contributed by atoms with van der Waals surface area (Å²) in [6.45, 7) is 6.41. The summed E-state index contributed by atoms with van der Waals surface area (Å²) in [7, 11) is 0. The lowest BCUT2D eigenvalue weighted by atomic mass is 9.92. The lowest BCUT2D eigenvalue weighted by molar-refractivity contribution is -0.123. The van der Waals surface area contributed by atoms with E-state index in [-0.39, 0.29) is 0 Å². The van der Waals surface area contributed by atoms with Crippen molar-refractivity contribution in [2.24, 2.45) is 5.92 Å². The minimum absolute atomic E-state index is 0.353. The van der Waals surface area contributed by atoms with Crippen LogP contribution in [0.1, 0.15) is 65.7 Å². The van der Waals surface area contributed by atoms with E-state index in [9.17, 15) is 4.79 Å². The smallest absolute Gasteiger partial charge is 0.135 e. The zero-order chi connectivity index (χ0) is 10.1. The van der Waals surface area contributed by atoms with Gasteiger partial charge in [0.05, 0.1) is 0 Å². The number of carbonyl (C=O) groups excluding carboxylic acids is 1. The molecule has 1 heteroatoms. The van der Waals surface area contributed by atoms with Crippen LogP contribution in [0.25, 0.3) is 0 Å². The first kappa shape index (κ1) is 12.7. The van der Waals surface area contributed by atoms with Crippen molar-refractivity contribution < 1.29 is 4.79 Å². The molecule has 0 N–H and O–H groups in total. The molecule has 0 spiro atoms. The molecule has 1 unspecified atom stereocenters. The molecule has 0 amide bonds. The van der Waals surface area contributed by atoms with Gasteiger partial charge in [-0.15, -0.1) is 0 Å². The van der Waals surface area contributed by atoms with Crippen molar-refractivity contribution in [2.75, 3.05) is 0 Å². The van der Waals surface area contributed by atoms with E-state index in [4.69, 9.17) is 0 Å². The number of hydrogen-bond donors (Lipinski definition) is 0. The van der Waals surface area contributed by atoms with Crippen molar-refractivity contribution in [3.05, 3.63) is 0 Å². The molecular formula is C12H24O. The van der Waals surface area contributed by atoms with Crippen LogP contribution in [0.2, 0.25) is 0 Å². The molecule has 13 heavy (non-hydrogen) atoms. The van der Waals surface area contributed by atoms with Crippen LogP contribution >= 0.6 is 0 Å². The Kier molecular flexibility index (Phi) is 8.07. The van der Waals surface area contributed by atoms with Crippen molar-refractivity contribution in [2.45, 2.75) is 65.7 Å². The molecule has 0 saturated carbocycles. The van der Waals surface area contributed by atoms with Gasteiger partial charge in [-0.3, -0.25) is 4.79 Å². The topological polar surface area (TPSA) is 17.1 Å². The average molecular weight is 184 g/mol. The third kappa shape index (κ3) is 5.84. The maximum Gasteiger partial charge on any atom is 0.135 e. The second-order valence-corrected chi connectivity index (χ2v) is 3.82. The first-order valence-electron chi connectivity index (χ1n) is 5.78. The van der Waals surface area contributed by atoms with Gasteiger partial charge in [-0.2, -0.15) is 0 Å². The standard InChI is InChI=1S/C12H24O/c1-4-7-8-10-11(6-3)12(13)9-5-2/h11H,4-10H2,1-3H3. The van der Waals surface area contributed by atoms with Gasteiger partial charge < -0.3 is 0 Å². The van der Waals surface area contributed by atoms with Crippen molar-refractivity contribution in [3.63, 3.8) is 0 Å². The summed E-state index contributed by atoms with van der Waals surface area (Å²) in [5.74, 6) is 0.840. The quantitative estimate of drug-likeness (QED) is 0.522. The molecular weight excluding hydrogens is 160 g/mol. The number of rotatable bonds is 8. The highest BCUT2D eigenvalue weighted by atomic mass is 16.1. The molecule has 0 fully saturated rings. The first-order chi connectivity index (χ1) is 6.26. The van der Waals surface area contributed by atoms with Gasteiger partial charge in [-0.1, -0.05) is 40.0 Å². The molecule has 0 aliphatic carbocycles. The number of ketones is 1. The monoisotopic (exact) mass is 184 g/mol. The normalized spacial score (nSPS) is 12.8. The summed E-state index contributed by atoms with van der Waals surface area (Å²) in [5.41, 5.74) is 0. The summed E-state index contributed by atoms with van der Waals surface area (Å²) in [4.78, 5) is 11.6. The van der Waals surface area contributed by atoms with Crippen molar-refractivity contribution in [1.29, 1.82) is 0 Å². The number of Topliss-reactive ketones (excluding diaryl/α,β-unsaturated/α-hetero) is 1. The van der Waals surface area contributed by atoms with Gasteiger partial charge in [-0.25, -0.2) is 0 Å². The van der Waals surface area contributed by atoms with Gasteiger partial charge in [0.2, 0.25) is 0 Å². The molecule has 0 saturated heterocycles. The van der Waals surface area contributed by atoms with Crippen molar-refractivity contribution in [3.8, 4) is 0 Å². The summed E-state index contributed by atoms with van der Waals surface area (Å²) in [6, 6.07) is 0. The van der Waals surface area contributed by atoms with Crippen LogP contribution < -0.4 is 0 Å². The first-order valence-corrected chi connectivity index (χ1v) is 5.78. The van der Waals surface area contributed by atoms with E-state index in [0.29, 0.717) is 11.7 Å². The largest absolute Gasteiger partial charge is 0.299 e. The van der Waals surface area contributed by atoms with Gasteiger partial charge in [0.15, 0.2) is 0 Å². The Morgan fingerprint density at radius 2 is 1.77 bits per heavy atom. The molecule has 78 valence electrons. The maximum absolute atomic E-state index is 11.6. The molecule has 0 aromatic carbocycles.